The normalized spacial score (nSPS) is 14.8. The second kappa shape index (κ2) is 9.94. The Kier molecular flexibility index (Phi) is 7.32. The summed E-state index contributed by atoms with van der Waals surface area (Å²) in [5.41, 5.74) is 3.40. The summed E-state index contributed by atoms with van der Waals surface area (Å²) in [6.45, 7) is 6.75. The van der Waals surface area contributed by atoms with Gasteiger partial charge in [-0.05, 0) is 87.3 Å². The lowest BCUT2D eigenvalue weighted by Crippen LogP contribution is -2.45. The van der Waals surface area contributed by atoms with Gasteiger partial charge in [-0.15, -0.1) is 0 Å². The molecule has 0 unspecified atom stereocenters. The molecular formula is C24H30N2O3S. The zero-order chi connectivity index (χ0) is 21.6. The molecule has 2 aromatic carbocycles. The van der Waals surface area contributed by atoms with Crippen molar-refractivity contribution in [1.29, 1.82) is 0 Å². The molecule has 1 saturated carbocycles. The van der Waals surface area contributed by atoms with Crippen LogP contribution >= 0.6 is 12.2 Å². The Hall–Kier alpha value is -2.60. The number of aryl methyl sites for hydroxylation is 1. The van der Waals surface area contributed by atoms with E-state index in [9.17, 15) is 4.79 Å². The number of ether oxygens (including phenoxy) is 2. The minimum absolute atomic E-state index is 0.173. The van der Waals surface area contributed by atoms with Gasteiger partial charge in [-0.1, -0.05) is 25.0 Å². The first kappa shape index (κ1) is 22.1. The van der Waals surface area contributed by atoms with Crippen LogP contribution in [-0.2, 0) is 10.3 Å². The molecule has 3 rings (SSSR count). The third-order valence-electron chi connectivity index (χ3n) is 5.51. The van der Waals surface area contributed by atoms with E-state index in [1.54, 1.807) is 13.0 Å². The first-order valence-corrected chi connectivity index (χ1v) is 11.0. The Bertz CT molecular complexity index is 890. The first-order valence-electron chi connectivity index (χ1n) is 10.6. The molecule has 0 aromatic heterocycles. The van der Waals surface area contributed by atoms with Gasteiger partial charge in [-0.2, -0.15) is 0 Å². The molecular weight excluding hydrogens is 396 g/mol. The van der Waals surface area contributed by atoms with Crippen molar-refractivity contribution in [2.45, 2.75) is 52.0 Å². The van der Waals surface area contributed by atoms with Gasteiger partial charge in [-0.3, -0.25) is 0 Å². The zero-order valence-electron chi connectivity index (χ0n) is 17.9. The predicted molar refractivity (Wildman–Crippen MR) is 124 cm³/mol. The van der Waals surface area contributed by atoms with Gasteiger partial charge in [0.2, 0.25) is 0 Å². The highest BCUT2D eigenvalue weighted by Gasteiger charge is 2.36. The lowest BCUT2D eigenvalue weighted by Gasteiger charge is -2.33. The van der Waals surface area contributed by atoms with Gasteiger partial charge >= 0.3 is 5.97 Å². The number of rotatable bonds is 7. The van der Waals surface area contributed by atoms with Crippen LogP contribution in [0.25, 0.3) is 0 Å². The Labute approximate surface area is 184 Å². The molecule has 1 aliphatic rings. The van der Waals surface area contributed by atoms with E-state index < -0.39 is 0 Å². The van der Waals surface area contributed by atoms with Crippen molar-refractivity contribution in [3.05, 3.63) is 59.2 Å². The van der Waals surface area contributed by atoms with Crippen molar-refractivity contribution in [2.24, 2.45) is 0 Å². The minimum atomic E-state index is -0.312. The van der Waals surface area contributed by atoms with E-state index in [1.165, 1.54) is 5.56 Å². The summed E-state index contributed by atoms with van der Waals surface area (Å²) >= 11 is 5.66. The minimum Gasteiger partial charge on any atom is -0.494 e. The van der Waals surface area contributed by atoms with E-state index >= 15 is 0 Å². The van der Waals surface area contributed by atoms with Crippen molar-refractivity contribution in [3.8, 4) is 5.75 Å². The Morgan fingerprint density at radius 2 is 1.77 bits per heavy atom. The number of anilines is 1. The third kappa shape index (κ3) is 5.11. The number of hydrogen-bond acceptors (Lipinski definition) is 4. The fraction of sp³-hybridized carbons (Fsp3) is 0.417. The summed E-state index contributed by atoms with van der Waals surface area (Å²) in [5.74, 6) is 0.570. The Morgan fingerprint density at radius 1 is 1.07 bits per heavy atom. The number of nitrogens with one attached hydrogen (secondary N) is 2. The van der Waals surface area contributed by atoms with Crippen LogP contribution in [0.15, 0.2) is 42.5 Å². The average molecular weight is 427 g/mol. The van der Waals surface area contributed by atoms with Gasteiger partial charge in [0.1, 0.15) is 5.75 Å². The highest BCUT2D eigenvalue weighted by Crippen LogP contribution is 2.39. The molecule has 6 heteroatoms. The van der Waals surface area contributed by atoms with Crippen LogP contribution in [0.2, 0.25) is 0 Å². The summed E-state index contributed by atoms with van der Waals surface area (Å²) in [5, 5.41) is 7.47. The smallest absolute Gasteiger partial charge is 0.338 e. The van der Waals surface area contributed by atoms with Crippen LogP contribution in [-0.4, -0.2) is 24.3 Å². The maximum absolute atomic E-state index is 11.9. The maximum atomic E-state index is 11.9. The number of esters is 1. The Balaban J connectivity index is 1.72. The van der Waals surface area contributed by atoms with Crippen LogP contribution < -0.4 is 15.4 Å². The molecule has 5 nitrogen and oxygen atoms in total. The van der Waals surface area contributed by atoms with E-state index in [4.69, 9.17) is 21.7 Å². The van der Waals surface area contributed by atoms with E-state index in [0.29, 0.717) is 23.9 Å². The largest absolute Gasteiger partial charge is 0.494 e. The van der Waals surface area contributed by atoms with Crippen LogP contribution in [0.5, 0.6) is 5.75 Å². The standard InChI is InChI=1S/C24H30N2O3S/c1-4-28-20-11-9-19(10-12-20)24(14-6-7-15-24)26-23(30)25-21-13-8-18(16-17(21)3)22(27)29-5-2/h8-13,16H,4-7,14-15H2,1-3H3,(H2,25,26,30). The molecule has 160 valence electrons. The third-order valence-corrected chi connectivity index (χ3v) is 5.72. The fourth-order valence-corrected chi connectivity index (χ4v) is 4.32. The molecule has 2 aromatic rings. The van der Waals surface area contributed by atoms with Crippen molar-refractivity contribution < 1.29 is 14.3 Å². The lowest BCUT2D eigenvalue weighted by atomic mass is 9.88. The second-order valence-electron chi connectivity index (χ2n) is 7.58. The predicted octanol–water partition coefficient (Wildman–Crippen LogP) is 5.33. The molecule has 0 heterocycles. The number of benzene rings is 2. The first-order chi connectivity index (χ1) is 14.5. The van der Waals surface area contributed by atoms with E-state index in [2.05, 4.69) is 22.8 Å². The molecule has 0 bridgehead atoms. The van der Waals surface area contributed by atoms with Crippen molar-refractivity contribution >= 4 is 29.0 Å². The molecule has 0 amide bonds. The molecule has 0 aliphatic heterocycles. The molecule has 1 fully saturated rings. The van der Waals surface area contributed by atoms with Gasteiger partial charge in [0.25, 0.3) is 0 Å². The molecule has 0 saturated heterocycles. The van der Waals surface area contributed by atoms with Gasteiger partial charge in [0.15, 0.2) is 5.11 Å². The van der Waals surface area contributed by atoms with E-state index in [1.807, 2.05) is 38.1 Å². The maximum Gasteiger partial charge on any atom is 0.338 e. The summed E-state index contributed by atoms with van der Waals surface area (Å²) in [6.07, 6.45) is 4.39. The lowest BCUT2D eigenvalue weighted by molar-refractivity contribution is 0.0526. The van der Waals surface area contributed by atoms with Gasteiger partial charge in [-0.25, -0.2) is 4.79 Å². The quantitative estimate of drug-likeness (QED) is 0.461. The van der Waals surface area contributed by atoms with Gasteiger partial charge < -0.3 is 20.1 Å². The zero-order valence-corrected chi connectivity index (χ0v) is 18.7. The summed E-state index contributed by atoms with van der Waals surface area (Å²) < 4.78 is 10.7. The number of carbonyl (C=O) groups excluding carboxylic acids is 1. The van der Waals surface area contributed by atoms with Crippen molar-refractivity contribution in [2.75, 3.05) is 18.5 Å². The molecule has 0 spiro atoms. The SMILES string of the molecule is CCOC(=O)c1ccc(NC(=S)NC2(c3ccc(OCC)cc3)CCCC2)c(C)c1. The molecule has 2 N–H and O–H groups in total. The highest BCUT2D eigenvalue weighted by molar-refractivity contribution is 7.80. The second-order valence-corrected chi connectivity index (χ2v) is 7.98. The monoisotopic (exact) mass is 426 g/mol. The van der Waals surface area contributed by atoms with Crippen LogP contribution in [0.1, 0.15) is 61.0 Å². The number of thiocarbonyl (C=S) groups is 1. The Morgan fingerprint density at radius 3 is 2.37 bits per heavy atom. The topological polar surface area (TPSA) is 59.6 Å². The molecule has 30 heavy (non-hydrogen) atoms. The summed E-state index contributed by atoms with van der Waals surface area (Å²) in [7, 11) is 0. The fourth-order valence-electron chi connectivity index (χ4n) is 4.02. The van der Waals surface area contributed by atoms with Crippen molar-refractivity contribution in [1.82, 2.24) is 5.32 Å². The number of carbonyl (C=O) groups is 1. The van der Waals surface area contributed by atoms with Crippen LogP contribution in [0, 0.1) is 6.92 Å². The van der Waals surface area contributed by atoms with Gasteiger partial charge in [0.05, 0.1) is 24.3 Å². The van der Waals surface area contributed by atoms with Crippen LogP contribution in [0.4, 0.5) is 5.69 Å². The highest BCUT2D eigenvalue weighted by atomic mass is 32.1. The summed E-state index contributed by atoms with van der Waals surface area (Å²) in [4.78, 5) is 11.9. The summed E-state index contributed by atoms with van der Waals surface area (Å²) in [6, 6.07) is 13.8. The molecule has 0 radical (unpaired) electrons. The van der Waals surface area contributed by atoms with Crippen molar-refractivity contribution in [3.63, 3.8) is 0 Å². The van der Waals surface area contributed by atoms with Crippen LogP contribution in [0.3, 0.4) is 0 Å². The number of hydrogen-bond donors (Lipinski definition) is 2. The molecule has 0 atom stereocenters. The van der Waals surface area contributed by atoms with E-state index in [0.717, 1.165) is 42.7 Å². The molecule has 1 aliphatic carbocycles. The van der Waals surface area contributed by atoms with Gasteiger partial charge in [0, 0.05) is 5.69 Å². The average Bonchev–Trinajstić information content (AvgIpc) is 3.20. The van der Waals surface area contributed by atoms with E-state index in [-0.39, 0.29) is 11.5 Å².